The van der Waals surface area contributed by atoms with E-state index in [0.29, 0.717) is 12.1 Å². The van der Waals surface area contributed by atoms with Crippen LogP contribution in [0.5, 0.6) is 0 Å². The fraction of sp³-hybridized carbons (Fsp3) is 0.235. The van der Waals surface area contributed by atoms with Gasteiger partial charge in [-0.25, -0.2) is 18.1 Å². The van der Waals surface area contributed by atoms with Crippen LogP contribution >= 0.6 is 11.6 Å². The number of aromatic nitrogens is 1. The first-order valence-corrected chi connectivity index (χ1v) is 9.76. The maximum Gasteiger partial charge on any atom is 0.306 e. The van der Waals surface area contributed by atoms with Gasteiger partial charge in [-0.1, -0.05) is 23.7 Å². The van der Waals surface area contributed by atoms with E-state index in [0.717, 1.165) is 5.56 Å². The molecule has 27 heavy (non-hydrogen) atoms. The van der Waals surface area contributed by atoms with Gasteiger partial charge in [0, 0.05) is 12.6 Å². The Morgan fingerprint density at radius 1 is 1.19 bits per heavy atom. The molecule has 2 rings (SSSR count). The van der Waals surface area contributed by atoms with Gasteiger partial charge < -0.3 is 10.1 Å². The van der Waals surface area contributed by atoms with Crippen LogP contribution in [0, 0.1) is 0 Å². The number of pyridine rings is 1. The zero-order chi connectivity index (χ0) is 19.9. The lowest BCUT2D eigenvalue weighted by Crippen LogP contribution is -2.21. The summed E-state index contributed by atoms with van der Waals surface area (Å²) in [5, 5.41) is 2.63. The summed E-state index contributed by atoms with van der Waals surface area (Å²) in [7, 11) is -2.16. The number of carbonyl (C=O) groups is 2. The number of rotatable bonds is 8. The Hall–Kier alpha value is -2.49. The lowest BCUT2D eigenvalue weighted by Gasteiger charge is -2.08. The monoisotopic (exact) mass is 411 g/mol. The smallest absolute Gasteiger partial charge is 0.306 e. The van der Waals surface area contributed by atoms with E-state index in [4.69, 9.17) is 16.3 Å². The van der Waals surface area contributed by atoms with Gasteiger partial charge in [-0.2, -0.15) is 0 Å². The lowest BCUT2D eigenvalue weighted by atomic mass is 10.1. The Balaban J connectivity index is 1.78. The number of benzene rings is 1. The van der Waals surface area contributed by atoms with Crippen molar-refractivity contribution < 1.29 is 22.7 Å². The number of nitrogens with zero attached hydrogens (tertiary/aromatic N) is 1. The Bertz CT molecular complexity index is 916. The molecule has 0 fully saturated rings. The predicted octanol–water partition coefficient (Wildman–Crippen LogP) is 1.76. The Labute approximate surface area is 161 Å². The molecular weight excluding hydrogens is 394 g/mol. The quantitative estimate of drug-likeness (QED) is 0.505. The predicted molar refractivity (Wildman–Crippen MR) is 99.8 cm³/mol. The Morgan fingerprint density at radius 2 is 1.89 bits per heavy atom. The Morgan fingerprint density at radius 3 is 2.52 bits per heavy atom. The van der Waals surface area contributed by atoms with Crippen LogP contribution in [-0.2, 0) is 30.8 Å². The summed E-state index contributed by atoms with van der Waals surface area (Å²) in [6, 6.07) is 9.34. The van der Waals surface area contributed by atoms with Crippen LogP contribution in [0.25, 0.3) is 0 Å². The van der Waals surface area contributed by atoms with Crippen molar-refractivity contribution in [3.63, 3.8) is 0 Å². The number of sulfonamides is 1. The van der Waals surface area contributed by atoms with Gasteiger partial charge in [0.1, 0.15) is 0 Å². The van der Waals surface area contributed by atoms with E-state index in [1.54, 1.807) is 24.3 Å². The molecule has 1 amide bonds. The van der Waals surface area contributed by atoms with E-state index >= 15 is 0 Å². The maximum absolute atomic E-state index is 11.8. The normalized spacial score (nSPS) is 11.0. The number of nitrogens with one attached hydrogen (secondary N) is 2. The molecule has 144 valence electrons. The third-order valence-electron chi connectivity index (χ3n) is 3.52. The highest BCUT2D eigenvalue weighted by atomic mass is 35.5. The van der Waals surface area contributed by atoms with Crippen LogP contribution in [-0.4, -0.2) is 38.9 Å². The second-order valence-electron chi connectivity index (χ2n) is 5.40. The molecule has 0 atom stereocenters. The molecular formula is C17H18ClN3O5S. The summed E-state index contributed by atoms with van der Waals surface area (Å²) in [5.74, 6) is -1.07. The second-order valence-corrected chi connectivity index (χ2v) is 7.65. The summed E-state index contributed by atoms with van der Waals surface area (Å²) in [4.78, 5) is 27.5. The SMILES string of the molecule is CNS(=O)(=O)c1ccc(CCC(=O)OCC(=O)Nc2cccnc2Cl)cc1. The number of anilines is 1. The molecule has 1 heterocycles. The standard InChI is InChI=1S/C17H18ClN3O5S/c1-19-27(24,25)13-7-4-12(5-8-13)6-9-16(23)26-11-15(22)21-14-3-2-10-20-17(14)18/h2-5,7-8,10,19H,6,9,11H2,1H3,(H,21,22). The van der Waals surface area contributed by atoms with Crippen LogP contribution in [0.15, 0.2) is 47.5 Å². The van der Waals surface area contributed by atoms with E-state index in [9.17, 15) is 18.0 Å². The van der Waals surface area contributed by atoms with Gasteiger partial charge in [-0.05, 0) is 43.3 Å². The van der Waals surface area contributed by atoms with E-state index in [1.807, 2.05) is 0 Å². The van der Waals surface area contributed by atoms with E-state index in [2.05, 4.69) is 15.0 Å². The molecule has 0 saturated carbocycles. The number of ether oxygens (including phenoxy) is 1. The minimum atomic E-state index is -3.49. The van der Waals surface area contributed by atoms with Crippen molar-refractivity contribution in [2.45, 2.75) is 17.7 Å². The second kappa shape index (κ2) is 9.45. The topological polar surface area (TPSA) is 114 Å². The number of hydrogen-bond donors (Lipinski definition) is 2. The molecule has 0 aliphatic rings. The molecule has 2 aromatic rings. The average molecular weight is 412 g/mol. The van der Waals surface area contributed by atoms with E-state index in [-0.39, 0.29) is 16.5 Å². The van der Waals surface area contributed by atoms with Crippen LogP contribution in [0.4, 0.5) is 5.69 Å². The molecule has 2 N–H and O–H groups in total. The van der Waals surface area contributed by atoms with Crippen molar-refractivity contribution in [3.8, 4) is 0 Å². The fourth-order valence-corrected chi connectivity index (χ4v) is 2.98. The highest BCUT2D eigenvalue weighted by molar-refractivity contribution is 7.89. The first-order valence-electron chi connectivity index (χ1n) is 7.90. The average Bonchev–Trinajstić information content (AvgIpc) is 2.67. The molecule has 10 heteroatoms. The molecule has 0 radical (unpaired) electrons. The first kappa shape index (κ1) is 20.8. The summed E-state index contributed by atoms with van der Waals surface area (Å²) >= 11 is 5.82. The fourth-order valence-electron chi connectivity index (χ4n) is 2.08. The van der Waals surface area contributed by atoms with Crippen molar-refractivity contribution in [1.82, 2.24) is 9.71 Å². The molecule has 0 aliphatic heterocycles. The van der Waals surface area contributed by atoms with Gasteiger partial charge in [0.15, 0.2) is 11.8 Å². The largest absolute Gasteiger partial charge is 0.456 e. The first-order chi connectivity index (χ1) is 12.8. The Kier molecular flexibility index (Phi) is 7.28. The number of halogens is 1. The maximum atomic E-state index is 11.8. The third kappa shape index (κ3) is 6.31. The van der Waals surface area contributed by atoms with Gasteiger partial charge in [-0.3, -0.25) is 9.59 Å². The van der Waals surface area contributed by atoms with Gasteiger partial charge in [0.05, 0.1) is 10.6 Å². The summed E-state index contributed by atoms with van der Waals surface area (Å²) in [5.41, 5.74) is 1.10. The van der Waals surface area contributed by atoms with Gasteiger partial charge in [-0.15, -0.1) is 0 Å². The highest BCUT2D eigenvalue weighted by Crippen LogP contribution is 2.17. The van der Waals surface area contributed by atoms with E-state index < -0.39 is 28.5 Å². The van der Waals surface area contributed by atoms with Crippen molar-refractivity contribution in [3.05, 3.63) is 53.3 Å². The highest BCUT2D eigenvalue weighted by Gasteiger charge is 2.12. The van der Waals surface area contributed by atoms with E-state index in [1.165, 1.54) is 25.4 Å². The number of amides is 1. The van der Waals surface area contributed by atoms with Crippen LogP contribution in [0.1, 0.15) is 12.0 Å². The number of esters is 1. The van der Waals surface area contributed by atoms with Crippen molar-refractivity contribution in [2.24, 2.45) is 0 Å². The van der Waals surface area contributed by atoms with Crippen LogP contribution in [0.3, 0.4) is 0 Å². The molecule has 8 nitrogen and oxygen atoms in total. The van der Waals surface area contributed by atoms with Gasteiger partial charge >= 0.3 is 5.97 Å². The van der Waals surface area contributed by atoms with Crippen molar-refractivity contribution in [1.29, 1.82) is 0 Å². The van der Waals surface area contributed by atoms with Gasteiger partial charge in [0.2, 0.25) is 10.0 Å². The summed E-state index contributed by atoms with van der Waals surface area (Å²) in [6.45, 7) is -0.441. The molecule has 1 aromatic carbocycles. The third-order valence-corrected chi connectivity index (χ3v) is 5.25. The molecule has 0 unspecified atom stereocenters. The molecule has 0 saturated heterocycles. The molecule has 0 spiro atoms. The van der Waals surface area contributed by atoms with Gasteiger partial charge in [0.25, 0.3) is 5.91 Å². The number of carbonyl (C=O) groups excluding carboxylic acids is 2. The number of hydrogen-bond acceptors (Lipinski definition) is 6. The van der Waals surface area contributed by atoms with Crippen LogP contribution < -0.4 is 10.0 Å². The van der Waals surface area contributed by atoms with Crippen molar-refractivity contribution in [2.75, 3.05) is 19.0 Å². The molecule has 1 aromatic heterocycles. The van der Waals surface area contributed by atoms with Crippen molar-refractivity contribution >= 4 is 39.2 Å². The summed E-state index contributed by atoms with van der Waals surface area (Å²) < 4.78 is 30.4. The molecule has 0 aliphatic carbocycles. The lowest BCUT2D eigenvalue weighted by molar-refractivity contribution is -0.147. The molecule has 0 bridgehead atoms. The zero-order valence-corrected chi connectivity index (χ0v) is 16.0. The zero-order valence-electron chi connectivity index (χ0n) is 14.4. The summed E-state index contributed by atoms with van der Waals surface area (Å²) in [6.07, 6.45) is 1.90. The minimum absolute atomic E-state index is 0.0546. The minimum Gasteiger partial charge on any atom is -0.456 e. The van der Waals surface area contributed by atoms with Crippen LogP contribution in [0.2, 0.25) is 5.15 Å². The number of aryl methyl sites for hydroxylation is 1.